The van der Waals surface area contributed by atoms with Crippen molar-refractivity contribution in [3.8, 4) is 5.75 Å². The van der Waals surface area contributed by atoms with Gasteiger partial charge in [0.15, 0.2) is 6.61 Å². The molecule has 1 amide bonds. The summed E-state index contributed by atoms with van der Waals surface area (Å²) in [6.45, 7) is 1.35. The second-order valence-corrected chi connectivity index (χ2v) is 4.02. The van der Waals surface area contributed by atoms with Crippen molar-refractivity contribution < 1.29 is 14.3 Å². The lowest BCUT2D eigenvalue weighted by molar-refractivity contribution is -0.132. The molecule has 0 aliphatic heterocycles. The molecule has 0 spiro atoms. The predicted octanol–water partition coefficient (Wildman–Crippen LogP) is 1.14. The van der Waals surface area contributed by atoms with Gasteiger partial charge in [0, 0.05) is 33.0 Å². The molecule has 18 heavy (non-hydrogen) atoms. The number of ether oxygens (including phenoxy) is 2. The number of nitrogen functional groups attached to an aromatic ring is 1. The maximum atomic E-state index is 11.7. The SMILES string of the molecule is COCCCN(C)C(=O)COc1ccc(N)cc1. The molecule has 5 heteroatoms. The van der Waals surface area contributed by atoms with Gasteiger partial charge in [-0.1, -0.05) is 0 Å². The van der Waals surface area contributed by atoms with Gasteiger partial charge in [0.25, 0.3) is 5.91 Å². The number of benzene rings is 1. The number of hydrogen-bond acceptors (Lipinski definition) is 4. The normalized spacial score (nSPS) is 10.1. The van der Waals surface area contributed by atoms with E-state index in [2.05, 4.69) is 0 Å². The maximum Gasteiger partial charge on any atom is 0.260 e. The molecule has 0 unspecified atom stereocenters. The molecule has 0 saturated carbocycles. The highest BCUT2D eigenvalue weighted by Gasteiger charge is 2.08. The minimum atomic E-state index is -0.0528. The molecule has 2 N–H and O–H groups in total. The van der Waals surface area contributed by atoms with Crippen LogP contribution in [0.1, 0.15) is 6.42 Å². The Balaban J connectivity index is 2.29. The molecule has 0 bridgehead atoms. The molecule has 0 atom stereocenters. The third-order valence-corrected chi connectivity index (χ3v) is 2.51. The van der Waals surface area contributed by atoms with Crippen LogP contribution in [0.5, 0.6) is 5.75 Å². The monoisotopic (exact) mass is 252 g/mol. The Hall–Kier alpha value is -1.75. The van der Waals surface area contributed by atoms with Crippen molar-refractivity contribution in [1.29, 1.82) is 0 Å². The number of rotatable bonds is 7. The molecule has 0 aliphatic rings. The van der Waals surface area contributed by atoms with Gasteiger partial charge in [-0.15, -0.1) is 0 Å². The second-order valence-electron chi connectivity index (χ2n) is 4.02. The molecule has 0 saturated heterocycles. The smallest absolute Gasteiger partial charge is 0.260 e. The fourth-order valence-electron chi connectivity index (χ4n) is 1.39. The molecule has 1 rings (SSSR count). The fraction of sp³-hybridized carbons (Fsp3) is 0.462. The summed E-state index contributed by atoms with van der Waals surface area (Å²) in [7, 11) is 3.40. The molecule has 0 aliphatic carbocycles. The van der Waals surface area contributed by atoms with Gasteiger partial charge in [-0.2, -0.15) is 0 Å². The van der Waals surface area contributed by atoms with Gasteiger partial charge < -0.3 is 20.1 Å². The largest absolute Gasteiger partial charge is 0.484 e. The van der Waals surface area contributed by atoms with Gasteiger partial charge in [-0.05, 0) is 30.7 Å². The topological polar surface area (TPSA) is 64.8 Å². The van der Waals surface area contributed by atoms with Crippen molar-refractivity contribution >= 4 is 11.6 Å². The number of methoxy groups -OCH3 is 1. The van der Waals surface area contributed by atoms with E-state index >= 15 is 0 Å². The number of nitrogens with two attached hydrogens (primary N) is 1. The minimum Gasteiger partial charge on any atom is -0.484 e. The number of hydrogen-bond donors (Lipinski definition) is 1. The van der Waals surface area contributed by atoms with Gasteiger partial charge in [0.1, 0.15) is 5.75 Å². The lowest BCUT2D eigenvalue weighted by Gasteiger charge is -2.17. The lowest BCUT2D eigenvalue weighted by atomic mass is 10.3. The first-order valence-electron chi connectivity index (χ1n) is 5.84. The molecule has 0 radical (unpaired) electrons. The zero-order valence-corrected chi connectivity index (χ0v) is 10.9. The molecule has 1 aromatic rings. The standard InChI is InChI=1S/C13H20N2O3/c1-15(8-3-9-17-2)13(16)10-18-12-6-4-11(14)5-7-12/h4-7H,3,8-10,14H2,1-2H3. The van der Waals surface area contributed by atoms with Gasteiger partial charge in [-0.25, -0.2) is 0 Å². The summed E-state index contributed by atoms with van der Waals surface area (Å²) in [5.41, 5.74) is 6.23. The third-order valence-electron chi connectivity index (χ3n) is 2.51. The van der Waals surface area contributed by atoms with Gasteiger partial charge in [0.2, 0.25) is 0 Å². The lowest BCUT2D eigenvalue weighted by Crippen LogP contribution is -2.32. The van der Waals surface area contributed by atoms with Crippen LogP contribution in [0.15, 0.2) is 24.3 Å². The Labute approximate surface area is 107 Å². The highest BCUT2D eigenvalue weighted by Crippen LogP contribution is 2.12. The fourth-order valence-corrected chi connectivity index (χ4v) is 1.39. The van der Waals surface area contributed by atoms with E-state index < -0.39 is 0 Å². The summed E-state index contributed by atoms with van der Waals surface area (Å²) in [5.74, 6) is 0.589. The van der Waals surface area contributed by atoms with Crippen molar-refractivity contribution in [3.05, 3.63) is 24.3 Å². The van der Waals surface area contributed by atoms with E-state index in [0.717, 1.165) is 6.42 Å². The van der Waals surface area contributed by atoms with Crippen molar-refractivity contribution in [1.82, 2.24) is 4.90 Å². The number of nitrogens with zero attached hydrogens (tertiary/aromatic N) is 1. The van der Waals surface area contributed by atoms with Gasteiger partial charge >= 0.3 is 0 Å². The Morgan fingerprint density at radius 1 is 1.33 bits per heavy atom. The third kappa shape index (κ3) is 5.05. The zero-order chi connectivity index (χ0) is 13.4. The first kappa shape index (κ1) is 14.3. The van der Waals surface area contributed by atoms with Crippen LogP contribution in [0.25, 0.3) is 0 Å². The summed E-state index contributed by atoms with van der Waals surface area (Å²) in [6.07, 6.45) is 0.820. The second kappa shape index (κ2) is 7.55. The summed E-state index contributed by atoms with van der Waals surface area (Å²) >= 11 is 0. The first-order valence-corrected chi connectivity index (χ1v) is 5.84. The van der Waals surface area contributed by atoms with E-state index in [4.69, 9.17) is 15.2 Å². The molecule has 0 aromatic heterocycles. The molecular weight excluding hydrogens is 232 g/mol. The zero-order valence-electron chi connectivity index (χ0n) is 10.9. The van der Waals surface area contributed by atoms with Crippen LogP contribution < -0.4 is 10.5 Å². The van der Waals surface area contributed by atoms with Crippen LogP contribution in [0.4, 0.5) is 5.69 Å². The molecule has 5 nitrogen and oxygen atoms in total. The molecular formula is C13H20N2O3. The van der Waals surface area contributed by atoms with Crippen LogP contribution >= 0.6 is 0 Å². The van der Waals surface area contributed by atoms with Gasteiger partial charge in [0.05, 0.1) is 0 Å². The number of likely N-dealkylation sites (N-methyl/N-ethyl adjacent to an activating group) is 1. The van der Waals surface area contributed by atoms with Gasteiger partial charge in [-0.3, -0.25) is 4.79 Å². The average molecular weight is 252 g/mol. The van der Waals surface area contributed by atoms with E-state index in [-0.39, 0.29) is 12.5 Å². The number of carbonyl (C=O) groups excluding carboxylic acids is 1. The predicted molar refractivity (Wildman–Crippen MR) is 70.5 cm³/mol. The van der Waals surface area contributed by atoms with Crippen LogP contribution in [0, 0.1) is 0 Å². The van der Waals surface area contributed by atoms with Crippen molar-refractivity contribution in [2.45, 2.75) is 6.42 Å². The van der Waals surface area contributed by atoms with E-state index in [1.807, 2.05) is 0 Å². The Bertz CT molecular complexity index is 365. The number of amides is 1. The van der Waals surface area contributed by atoms with Crippen LogP contribution in [0.2, 0.25) is 0 Å². The summed E-state index contributed by atoms with van der Waals surface area (Å²) < 4.78 is 10.3. The highest BCUT2D eigenvalue weighted by molar-refractivity contribution is 5.77. The highest BCUT2D eigenvalue weighted by atomic mass is 16.5. The first-order chi connectivity index (χ1) is 8.63. The Kier molecular flexibility index (Phi) is 6.00. The minimum absolute atomic E-state index is 0.0351. The van der Waals surface area contributed by atoms with Crippen molar-refractivity contribution in [3.63, 3.8) is 0 Å². The number of anilines is 1. The van der Waals surface area contributed by atoms with E-state index in [1.54, 1.807) is 43.3 Å². The summed E-state index contributed by atoms with van der Waals surface area (Å²) in [4.78, 5) is 13.3. The van der Waals surface area contributed by atoms with E-state index in [9.17, 15) is 4.79 Å². The van der Waals surface area contributed by atoms with Crippen LogP contribution in [0.3, 0.4) is 0 Å². The van der Waals surface area contributed by atoms with E-state index in [0.29, 0.717) is 24.6 Å². The average Bonchev–Trinajstić information content (AvgIpc) is 2.38. The summed E-state index contributed by atoms with van der Waals surface area (Å²) in [6, 6.07) is 6.96. The van der Waals surface area contributed by atoms with E-state index in [1.165, 1.54) is 0 Å². The van der Waals surface area contributed by atoms with Crippen LogP contribution in [-0.2, 0) is 9.53 Å². The van der Waals surface area contributed by atoms with Crippen molar-refractivity contribution in [2.75, 3.05) is 39.6 Å². The van der Waals surface area contributed by atoms with Crippen molar-refractivity contribution in [2.24, 2.45) is 0 Å². The van der Waals surface area contributed by atoms with Crippen LogP contribution in [-0.4, -0.2) is 44.7 Å². The quantitative estimate of drug-likeness (QED) is 0.584. The Morgan fingerprint density at radius 2 is 2.00 bits per heavy atom. The number of carbonyl (C=O) groups is 1. The molecule has 100 valence electrons. The molecule has 1 aromatic carbocycles. The maximum absolute atomic E-state index is 11.7. The Morgan fingerprint density at radius 3 is 2.61 bits per heavy atom. The molecule has 0 fully saturated rings. The molecule has 0 heterocycles. The summed E-state index contributed by atoms with van der Waals surface area (Å²) in [5, 5.41) is 0.